The Morgan fingerprint density at radius 2 is 2.00 bits per heavy atom. The van der Waals surface area contributed by atoms with Gasteiger partial charge in [-0.1, -0.05) is 6.92 Å². The van der Waals surface area contributed by atoms with Crippen molar-refractivity contribution in [2.45, 2.75) is 19.8 Å². The summed E-state index contributed by atoms with van der Waals surface area (Å²) in [4.78, 5) is 24.5. The number of carbonyl (C=O) groups is 2. The minimum Gasteiger partial charge on any atom is -0.469 e. The van der Waals surface area contributed by atoms with E-state index in [9.17, 15) is 9.59 Å². The van der Waals surface area contributed by atoms with Gasteiger partial charge in [-0.2, -0.15) is 5.26 Å². The molecule has 0 fully saturated rings. The standard InChI is InChI=1S/C12H20N2O4/c1-4-10(9-13)12(16)14(7-8-17-2)6-5-11(15)18-3/h10H,4-8H2,1-3H3. The molecule has 0 bridgehead atoms. The Labute approximate surface area is 107 Å². The first kappa shape index (κ1) is 16.4. The maximum Gasteiger partial charge on any atom is 0.307 e. The van der Waals surface area contributed by atoms with Gasteiger partial charge < -0.3 is 14.4 Å². The molecule has 0 aromatic rings. The lowest BCUT2D eigenvalue weighted by atomic mass is 10.1. The summed E-state index contributed by atoms with van der Waals surface area (Å²) in [6.07, 6.45) is 0.574. The van der Waals surface area contributed by atoms with Crippen LogP contribution in [-0.4, -0.2) is 50.7 Å². The highest BCUT2D eigenvalue weighted by Gasteiger charge is 2.22. The molecule has 0 aromatic heterocycles. The molecule has 0 spiro atoms. The Kier molecular flexibility index (Phi) is 8.58. The Balaban J connectivity index is 4.51. The van der Waals surface area contributed by atoms with Crippen molar-refractivity contribution in [2.24, 2.45) is 5.92 Å². The quantitative estimate of drug-likeness (QED) is 0.593. The molecule has 0 radical (unpaired) electrons. The van der Waals surface area contributed by atoms with Gasteiger partial charge in [0.05, 0.1) is 26.2 Å². The molecular formula is C12H20N2O4. The molecule has 0 rings (SSSR count). The molecule has 0 saturated heterocycles. The van der Waals surface area contributed by atoms with Crippen LogP contribution in [0.3, 0.4) is 0 Å². The summed E-state index contributed by atoms with van der Waals surface area (Å²) in [5.41, 5.74) is 0. The first-order valence-electron chi connectivity index (χ1n) is 5.84. The first-order chi connectivity index (χ1) is 8.60. The summed E-state index contributed by atoms with van der Waals surface area (Å²) in [6.45, 7) is 2.76. The third-order valence-corrected chi connectivity index (χ3v) is 2.55. The number of ether oxygens (including phenoxy) is 2. The van der Waals surface area contributed by atoms with Gasteiger partial charge in [-0.25, -0.2) is 0 Å². The second kappa shape index (κ2) is 9.42. The van der Waals surface area contributed by atoms with Crippen molar-refractivity contribution in [2.75, 3.05) is 33.9 Å². The van der Waals surface area contributed by atoms with Crippen LogP contribution in [0.15, 0.2) is 0 Å². The number of nitrogens with zero attached hydrogens (tertiary/aromatic N) is 2. The zero-order chi connectivity index (χ0) is 14.0. The molecule has 0 N–H and O–H groups in total. The summed E-state index contributed by atoms with van der Waals surface area (Å²) >= 11 is 0. The lowest BCUT2D eigenvalue weighted by Crippen LogP contribution is -2.39. The van der Waals surface area contributed by atoms with Gasteiger partial charge in [-0.15, -0.1) is 0 Å². The van der Waals surface area contributed by atoms with E-state index in [1.807, 2.05) is 6.07 Å². The number of nitriles is 1. The van der Waals surface area contributed by atoms with Crippen molar-refractivity contribution in [3.8, 4) is 6.07 Å². The molecule has 102 valence electrons. The van der Waals surface area contributed by atoms with Crippen molar-refractivity contribution in [1.82, 2.24) is 4.90 Å². The Morgan fingerprint density at radius 1 is 1.33 bits per heavy atom. The van der Waals surface area contributed by atoms with E-state index in [1.165, 1.54) is 19.1 Å². The van der Waals surface area contributed by atoms with Gasteiger partial charge in [-0.3, -0.25) is 9.59 Å². The first-order valence-corrected chi connectivity index (χ1v) is 5.84. The topological polar surface area (TPSA) is 79.6 Å². The lowest BCUT2D eigenvalue weighted by Gasteiger charge is -2.23. The molecule has 18 heavy (non-hydrogen) atoms. The number of hydrogen-bond donors (Lipinski definition) is 0. The summed E-state index contributed by atoms with van der Waals surface area (Å²) < 4.78 is 9.43. The fourth-order valence-electron chi connectivity index (χ4n) is 1.40. The van der Waals surface area contributed by atoms with Crippen molar-refractivity contribution >= 4 is 11.9 Å². The van der Waals surface area contributed by atoms with Crippen LogP contribution in [0.1, 0.15) is 19.8 Å². The number of rotatable bonds is 8. The lowest BCUT2D eigenvalue weighted by molar-refractivity contribution is -0.142. The molecule has 0 saturated carbocycles. The van der Waals surface area contributed by atoms with E-state index in [2.05, 4.69) is 4.74 Å². The summed E-state index contributed by atoms with van der Waals surface area (Å²) in [5.74, 6) is -1.31. The molecule has 1 amide bonds. The highest BCUT2D eigenvalue weighted by molar-refractivity contribution is 5.81. The van der Waals surface area contributed by atoms with Crippen LogP contribution in [0, 0.1) is 17.2 Å². The smallest absolute Gasteiger partial charge is 0.307 e. The third kappa shape index (κ3) is 5.64. The van der Waals surface area contributed by atoms with Crippen LogP contribution in [0.5, 0.6) is 0 Å². The van der Waals surface area contributed by atoms with E-state index in [1.54, 1.807) is 6.92 Å². The van der Waals surface area contributed by atoms with E-state index < -0.39 is 5.92 Å². The number of carbonyl (C=O) groups excluding carboxylic acids is 2. The average Bonchev–Trinajstić information content (AvgIpc) is 2.39. The van der Waals surface area contributed by atoms with Gasteiger partial charge in [0.1, 0.15) is 5.92 Å². The maximum absolute atomic E-state index is 12.0. The highest BCUT2D eigenvalue weighted by atomic mass is 16.5. The average molecular weight is 256 g/mol. The molecule has 1 atom stereocenters. The Morgan fingerprint density at radius 3 is 2.44 bits per heavy atom. The van der Waals surface area contributed by atoms with Gasteiger partial charge in [0, 0.05) is 20.2 Å². The second-order valence-electron chi connectivity index (χ2n) is 3.73. The minimum absolute atomic E-state index is 0.119. The van der Waals surface area contributed by atoms with E-state index in [0.717, 1.165) is 0 Å². The Bertz CT molecular complexity index is 312. The van der Waals surface area contributed by atoms with E-state index in [-0.39, 0.29) is 24.8 Å². The zero-order valence-corrected chi connectivity index (χ0v) is 11.1. The van der Waals surface area contributed by atoms with Crippen LogP contribution in [-0.2, 0) is 19.1 Å². The van der Waals surface area contributed by atoms with Crippen LogP contribution in [0.4, 0.5) is 0 Å². The number of amides is 1. The van der Waals surface area contributed by atoms with Gasteiger partial charge in [0.2, 0.25) is 5.91 Å². The molecule has 0 aliphatic rings. The fourth-order valence-corrected chi connectivity index (χ4v) is 1.40. The van der Waals surface area contributed by atoms with Crippen LogP contribution < -0.4 is 0 Å². The van der Waals surface area contributed by atoms with Gasteiger partial charge in [-0.05, 0) is 6.42 Å². The van der Waals surface area contributed by atoms with Crippen molar-refractivity contribution < 1.29 is 19.1 Å². The number of hydrogen-bond acceptors (Lipinski definition) is 5. The summed E-state index contributed by atoms with van der Waals surface area (Å²) in [6, 6.07) is 1.96. The van der Waals surface area contributed by atoms with Crippen molar-refractivity contribution in [1.29, 1.82) is 5.26 Å². The largest absolute Gasteiger partial charge is 0.469 e. The van der Waals surface area contributed by atoms with Crippen LogP contribution in [0.25, 0.3) is 0 Å². The van der Waals surface area contributed by atoms with Gasteiger partial charge in [0.15, 0.2) is 0 Å². The minimum atomic E-state index is -0.667. The third-order valence-electron chi connectivity index (χ3n) is 2.55. The normalized spacial score (nSPS) is 11.4. The van der Waals surface area contributed by atoms with Gasteiger partial charge in [0.25, 0.3) is 0 Å². The predicted molar refractivity (Wildman–Crippen MR) is 64.5 cm³/mol. The molecular weight excluding hydrogens is 236 g/mol. The van der Waals surface area contributed by atoms with E-state index >= 15 is 0 Å². The molecule has 0 aliphatic heterocycles. The summed E-state index contributed by atoms with van der Waals surface area (Å²) in [5, 5.41) is 8.87. The van der Waals surface area contributed by atoms with E-state index in [4.69, 9.17) is 10.00 Å². The number of methoxy groups -OCH3 is 2. The van der Waals surface area contributed by atoms with Crippen LogP contribution >= 0.6 is 0 Å². The van der Waals surface area contributed by atoms with E-state index in [0.29, 0.717) is 19.6 Å². The SMILES string of the molecule is CCC(C#N)C(=O)N(CCOC)CCC(=O)OC. The zero-order valence-electron chi connectivity index (χ0n) is 11.1. The van der Waals surface area contributed by atoms with Crippen LogP contribution in [0.2, 0.25) is 0 Å². The summed E-state index contributed by atoms with van der Waals surface area (Å²) in [7, 11) is 2.83. The maximum atomic E-state index is 12.0. The molecule has 0 aliphatic carbocycles. The monoisotopic (exact) mass is 256 g/mol. The van der Waals surface area contributed by atoms with Crippen molar-refractivity contribution in [3.05, 3.63) is 0 Å². The Hall–Kier alpha value is -1.61. The van der Waals surface area contributed by atoms with Gasteiger partial charge >= 0.3 is 5.97 Å². The molecule has 0 heterocycles. The molecule has 6 heteroatoms. The molecule has 6 nitrogen and oxygen atoms in total. The van der Waals surface area contributed by atoms with Crippen molar-refractivity contribution in [3.63, 3.8) is 0 Å². The second-order valence-corrected chi connectivity index (χ2v) is 3.73. The fraction of sp³-hybridized carbons (Fsp3) is 0.750. The number of esters is 1. The highest BCUT2D eigenvalue weighted by Crippen LogP contribution is 2.07. The molecule has 0 aromatic carbocycles. The predicted octanol–water partition coefficient (Wildman–Crippen LogP) is 0.574. The molecule has 1 unspecified atom stereocenters.